The van der Waals surface area contributed by atoms with Gasteiger partial charge in [-0.25, -0.2) is 22.8 Å². The van der Waals surface area contributed by atoms with E-state index in [0.29, 0.717) is 11.4 Å². The van der Waals surface area contributed by atoms with E-state index in [2.05, 4.69) is 10.5 Å². The van der Waals surface area contributed by atoms with Crippen LogP contribution in [-0.2, 0) is 21.9 Å². The minimum Gasteiger partial charge on any atom is -0.283 e. The van der Waals surface area contributed by atoms with E-state index in [-0.39, 0.29) is 10.6 Å². The van der Waals surface area contributed by atoms with E-state index in [0.717, 1.165) is 42.1 Å². The number of amides is 1. The summed E-state index contributed by atoms with van der Waals surface area (Å²) in [6.45, 7) is 1.08. The van der Waals surface area contributed by atoms with Crippen molar-refractivity contribution < 1.29 is 13.2 Å². The maximum absolute atomic E-state index is 13.7. The molecule has 0 spiro atoms. The van der Waals surface area contributed by atoms with Gasteiger partial charge in [0.1, 0.15) is 12.2 Å². The SMILES string of the molecule is Cc1c(N(CC(=O)NN=C2CCCCC2)S(=O)(=O)c2ccccc2)c(=O)n(-c2ccccc2)n1C. The van der Waals surface area contributed by atoms with Crippen molar-refractivity contribution >= 4 is 27.3 Å². The molecule has 1 aliphatic rings. The summed E-state index contributed by atoms with van der Waals surface area (Å²) in [5, 5.41) is 4.21. The van der Waals surface area contributed by atoms with Gasteiger partial charge in [-0.3, -0.25) is 14.3 Å². The van der Waals surface area contributed by atoms with Crippen molar-refractivity contribution in [3.05, 3.63) is 76.7 Å². The fourth-order valence-electron chi connectivity index (χ4n) is 4.22. The van der Waals surface area contributed by atoms with Gasteiger partial charge < -0.3 is 0 Å². The number of sulfonamides is 1. The Kier molecular flexibility index (Phi) is 7.20. The number of aromatic nitrogens is 2. The molecule has 1 N–H and O–H groups in total. The normalized spacial score (nSPS) is 13.9. The zero-order chi connectivity index (χ0) is 25.0. The number of hydrogen-bond acceptors (Lipinski definition) is 5. The predicted molar refractivity (Wildman–Crippen MR) is 135 cm³/mol. The Morgan fingerprint density at radius 3 is 2.23 bits per heavy atom. The van der Waals surface area contributed by atoms with E-state index >= 15 is 0 Å². The van der Waals surface area contributed by atoms with Crippen LogP contribution in [0.3, 0.4) is 0 Å². The van der Waals surface area contributed by atoms with Gasteiger partial charge >= 0.3 is 0 Å². The third-order valence-corrected chi connectivity index (χ3v) is 7.92. The summed E-state index contributed by atoms with van der Waals surface area (Å²) >= 11 is 0. The second-order valence-electron chi connectivity index (χ2n) is 8.51. The molecular weight excluding hydrogens is 466 g/mol. The van der Waals surface area contributed by atoms with E-state index in [4.69, 9.17) is 0 Å². The molecule has 0 aliphatic heterocycles. The molecule has 9 nitrogen and oxygen atoms in total. The highest BCUT2D eigenvalue weighted by molar-refractivity contribution is 7.92. The van der Waals surface area contributed by atoms with Crippen molar-refractivity contribution in [2.45, 2.75) is 43.9 Å². The van der Waals surface area contributed by atoms with Crippen molar-refractivity contribution in [2.24, 2.45) is 12.1 Å². The third-order valence-electron chi connectivity index (χ3n) is 6.16. The molecule has 35 heavy (non-hydrogen) atoms. The Bertz CT molecular complexity index is 1380. The lowest BCUT2D eigenvalue weighted by Crippen LogP contribution is -2.42. The van der Waals surface area contributed by atoms with E-state index < -0.39 is 28.0 Å². The van der Waals surface area contributed by atoms with E-state index in [1.807, 2.05) is 6.07 Å². The standard InChI is InChI=1S/C25H29N5O4S/c1-19-24(25(32)30(28(19)2)21-14-8-4-9-15-21)29(35(33,34)22-16-10-5-11-17-22)18-23(31)27-26-20-12-6-3-7-13-20/h4-5,8-11,14-17H,3,6-7,12-13,18H2,1-2H3,(H,27,31). The highest BCUT2D eigenvalue weighted by Gasteiger charge is 2.33. The first kappa shape index (κ1) is 24.5. The number of nitrogens with zero attached hydrogens (tertiary/aromatic N) is 4. The first-order chi connectivity index (χ1) is 16.8. The predicted octanol–water partition coefficient (Wildman–Crippen LogP) is 3.12. The van der Waals surface area contributed by atoms with Crippen LogP contribution in [0.25, 0.3) is 5.69 Å². The molecule has 4 rings (SSSR count). The number of hydrazone groups is 1. The molecule has 1 aromatic heterocycles. The number of nitrogens with one attached hydrogen (secondary N) is 1. The summed E-state index contributed by atoms with van der Waals surface area (Å²) in [5.41, 5.74) is 3.76. The maximum atomic E-state index is 13.7. The maximum Gasteiger partial charge on any atom is 0.296 e. The largest absolute Gasteiger partial charge is 0.296 e. The number of rotatable bonds is 7. The van der Waals surface area contributed by atoms with Gasteiger partial charge in [0.2, 0.25) is 0 Å². The molecule has 184 valence electrons. The lowest BCUT2D eigenvalue weighted by Gasteiger charge is -2.22. The first-order valence-electron chi connectivity index (χ1n) is 11.6. The summed E-state index contributed by atoms with van der Waals surface area (Å²) in [6, 6.07) is 16.7. The lowest BCUT2D eigenvalue weighted by atomic mass is 9.99. The molecule has 1 fully saturated rings. The van der Waals surface area contributed by atoms with E-state index in [1.54, 1.807) is 61.1 Å². The summed E-state index contributed by atoms with van der Waals surface area (Å²) in [6.07, 6.45) is 4.80. The Morgan fingerprint density at radius 1 is 1.00 bits per heavy atom. The van der Waals surface area contributed by atoms with Crippen LogP contribution in [-0.4, -0.2) is 35.9 Å². The molecule has 1 aliphatic carbocycles. The van der Waals surface area contributed by atoms with Gasteiger partial charge in [-0.05, 0) is 56.9 Å². The van der Waals surface area contributed by atoms with Crippen molar-refractivity contribution in [2.75, 3.05) is 10.8 Å². The van der Waals surface area contributed by atoms with Gasteiger partial charge in [0.15, 0.2) is 0 Å². The Hall–Kier alpha value is -3.66. The molecule has 0 atom stereocenters. The highest BCUT2D eigenvalue weighted by Crippen LogP contribution is 2.25. The second-order valence-corrected chi connectivity index (χ2v) is 10.4. The molecule has 10 heteroatoms. The van der Waals surface area contributed by atoms with Crippen LogP contribution in [0.15, 0.2) is 75.5 Å². The molecule has 0 radical (unpaired) electrons. The van der Waals surface area contributed by atoms with Gasteiger partial charge in [0, 0.05) is 12.8 Å². The summed E-state index contributed by atoms with van der Waals surface area (Å²) in [7, 11) is -2.55. The molecule has 0 saturated heterocycles. The van der Waals surface area contributed by atoms with Crippen LogP contribution in [0.5, 0.6) is 0 Å². The number of hydrogen-bond donors (Lipinski definition) is 1. The monoisotopic (exact) mass is 495 g/mol. The van der Waals surface area contributed by atoms with Gasteiger partial charge in [0.05, 0.1) is 16.3 Å². The summed E-state index contributed by atoms with van der Waals surface area (Å²) in [5.74, 6) is -0.614. The Labute approximate surface area is 204 Å². The van der Waals surface area contributed by atoms with Crippen LogP contribution in [0.1, 0.15) is 37.8 Å². The van der Waals surface area contributed by atoms with Crippen LogP contribution in [0.2, 0.25) is 0 Å². The minimum absolute atomic E-state index is 0.0136. The van der Waals surface area contributed by atoms with Crippen LogP contribution in [0.4, 0.5) is 5.69 Å². The number of carbonyl (C=O) groups excluding carboxylic acids is 1. The van der Waals surface area contributed by atoms with Gasteiger partial charge in [-0.1, -0.05) is 42.8 Å². The molecule has 0 bridgehead atoms. The summed E-state index contributed by atoms with van der Waals surface area (Å²) in [4.78, 5) is 26.5. The zero-order valence-corrected chi connectivity index (χ0v) is 20.7. The van der Waals surface area contributed by atoms with Crippen molar-refractivity contribution in [1.29, 1.82) is 0 Å². The van der Waals surface area contributed by atoms with Gasteiger partial charge in [0.25, 0.3) is 21.5 Å². The average molecular weight is 496 g/mol. The quantitative estimate of drug-likeness (QED) is 0.509. The average Bonchev–Trinajstić information content (AvgIpc) is 3.10. The van der Waals surface area contributed by atoms with E-state index in [9.17, 15) is 18.0 Å². The van der Waals surface area contributed by atoms with Crippen molar-refractivity contribution in [3.63, 3.8) is 0 Å². The van der Waals surface area contributed by atoms with Crippen molar-refractivity contribution in [1.82, 2.24) is 14.8 Å². The minimum atomic E-state index is -4.23. The number of carbonyl (C=O) groups is 1. The fraction of sp³-hybridized carbons (Fsp3) is 0.320. The molecule has 3 aromatic rings. The molecule has 1 saturated carbocycles. The zero-order valence-electron chi connectivity index (χ0n) is 19.8. The molecular formula is C25H29N5O4S. The first-order valence-corrected chi connectivity index (χ1v) is 13.0. The Morgan fingerprint density at radius 2 is 1.60 bits per heavy atom. The van der Waals surface area contributed by atoms with Crippen LogP contribution < -0.4 is 15.3 Å². The highest BCUT2D eigenvalue weighted by atomic mass is 32.2. The number of benzene rings is 2. The van der Waals surface area contributed by atoms with Crippen molar-refractivity contribution in [3.8, 4) is 5.69 Å². The molecule has 2 aromatic carbocycles. The van der Waals surface area contributed by atoms with E-state index in [1.165, 1.54) is 16.8 Å². The molecule has 1 amide bonds. The third kappa shape index (κ3) is 5.07. The Balaban J connectivity index is 1.77. The molecule has 0 unspecified atom stereocenters. The van der Waals surface area contributed by atoms with Gasteiger partial charge in [-0.15, -0.1) is 0 Å². The smallest absolute Gasteiger partial charge is 0.283 e. The van der Waals surface area contributed by atoms with Gasteiger partial charge in [-0.2, -0.15) is 5.10 Å². The fourth-order valence-corrected chi connectivity index (χ4v) is 5.72. The van der Waals surface area contributed by atoms with Crippen LogP contribution in [0, 0.1) is 6.92 Å². The van der Waals surface area contributed by atoms with Crippen LogP contribution >= 0.6 is 0 Å². The second kappa shape index (κ2) is 10.3. The number of para-hydroxylation sites is 1. The molecule has 1 heterocycles. The number of anilines is 1. The lowest BCUT2D eigenvalue weighted by molar-refractivity contribution is -0.119. The topological polar surface area (TPSA) is 106 Å². The summed E-state index contributed by atoms with van der Waals surface area (Å²) < 4.78 is 31.2.